The number of hydrogen-bond donors (Lipinski definition) is 0. The van der Waals surface area contributed by atoms with Crippen molar-refractivity contribution in [1.29, 1.82) is 0 Å². The first-order valence-corrected chi connectivity index (χ1v) is 11.6. The molecule has 3 aromatic rings. The van der Waals surface area contributed by atoms with Crippen molar-refractivity contribution in [3.05, 3.63) is 46.4 Å². The zero-order valence-corrected chi connectivity index (χ0v) is 19.1. The molecule has 4 rings (SSSR count). The van der Waals surface area contributed by atoms with E-state index in [1.54, 1.807) is 28.1 Å². The summed E-state index contributed by atoms with van der Waals surface area (Å²) < 4.78 is 3.38. The summed E-state index contributed by atoms with van der Waals surface area (Å²) in [4.78, 5) is 35.8. The highest BCUT2D eigenvalue weighted by Crippen LogP contribution is 2.21. The van der Waals surface area contributed by atoms with Gasteiger partial charge in [0.2, 0.25) is 11.9 Å². The highest BCUT2D eigenvalue weighted by atomic mass is 32.2. The molecule has 0 aliphatic carbocycles. The number of benzene rings is 1. The van der Waals surface area contributed by atoms with E-state index in [1.165, 1.54) is 0 Å². The number of carbonyl (C=O) groups excluding carboxylic acids is 1. The van der Waals surface area contributed by atoms with E-state index < -0.39 is 0 Å². The smallest absolute Gasteiger partial charge is 0.281 e. The minimum absolute atomic E-state index is 0.0530. The van der Waals surface area contributed by atoms with Crippen LogP contribution in [-0.4, -0.2) is 62.1 Å². The van der Waals surface area contributed by atoms with Gasteiger partial charge in [-0.1, -0.05) is 25.1 Å². The van der Waals surface area contributed by atoms with Gasteiger partial charge in [-0.3, -0.25) is 18.8 Å². The largest absolute Gasteiger partial charge is 0.339 e. The fraction of sp³-hybridized carbons (Fsp3) is 0.455. The maximum Gasteiger partial charge on any atom is 0.281 e. The number of nitrogens with zero attached hydrogens (tertiary/aromatic N) is 6. The third-order valence-corrected chi connectivity index (χ3v) is 6.56. The Morgan fingerprint density at radius 1 is 1.13 bits per heavy atom. The summed E-state index contributed by atoms with van der Waals surface area (Å²) in [7, 11) is 1.78. The number of thioether (sulfide) groups is 1. The molecule has 31 heavy (non-hydrogen) atoms. The normalized spacial score (nSPS) is 14.4. The Bertz CT molecular complexity index is 1130. The van der Waals surface area contributed by atoms with E-state index in [0.717, 1.165) is 17.0 Å². The average Bonchev–Trinajstić information content (AvgIpc) is 3.08. The first-order valence-electron chi connectivity index (χ1n) is 10.6. The van der Waals surface area contributed by atoms with Crippen LogP contribution in [0.3, 0.4) is 0 Å². The van der Waals surface area contributed by atoms with Crippen molar-refractivity contribution in [1.82, 2.24) is 24.2 Å². The molecule has 0 radical (unpaired) electrons. The Morgan fingerprint density at radius 3 is 2.52 bits per heavy atom. The van der Waals surface area contributed by atoms with Gasteiger partial charge < -0.3 is 9.80 Å². The van der Waals surface area contributed by atoms with Crippen LogP contribution in [0, 0.1) is 6.92 Å². The molecule has 0 spiro atoms. The van der Waals surface area contributed by atoms with Crippen molar-refractivity contribution in [3.63, 3.8) is 0 Å². The lowest BCUT2D eigenvalue weighted by atomic mass is 10.3. The number of amides is 1. The quantitative estimate of drug-likeness (QED) is 0.548. The van der Waals surface area contributed by atoms with E-state index in [-0.39, 0.29) is 11.5 Å². The van der Waals surface area contributed by atoms with Crippen molar-refractivity contribution in [3.8, 4) is 0 Å². The number of hydrogen-bond acceptors (Lipinski definition) is 6. The van der Waals surface area contributed by atoms with Gasteiger partial charge in [-0.05, 0) is 25.5 Å². The molecule has 0 atom stereocenters. The molecule has 0 bridgehead atoms. The number of piperazine rings is 1. The molecule has 1 amide bonds. The van der Waals surface area contributed by atoms with E-state index >= 15 is 0 Å². The summed E-state index contributed by atoms with van der Waals surface area (Å²) in [5.74, 6) is 1.26. The minimum Gasteiger partial charge on any atom is -0.339 e. The van der Waals surface area contributed by atoms with Crippen molar-refractivity contribution in [2.45, 2.75) is 31.7 Å². The van der Waals surface area contributed by atoms with Crippen LogP contribution in [0.2, 0.25) is 0 Å². The predicted molar refractivity (Wildman–Crippen MR) is 124 cm³/mol. The van der Waals surface area contributed by atoms with E-state index in [9.17, 15) is 9.59 Å². The molecule has 1 aliphatic heterocycles. The summed E-state index contributed by atoms with van der Waals surface area (Å²) in [6.07, 6.45) is 0.839. The molecule has 9 heteroatoms. The van der Waals surface area contributed by atoms with Crippen molar-refractivity contribution >= 4 is 34.7 Å². The van der Waals surface area contributed by atoms with Crippen molar-refractivity contribution in [2.75, 3.05) is 36.8 Å². The standard InChI is InChI=1S/C22H28N6O2S/c1-4-10-28-21(30)20-19(16(2)24-25(20)3)23-22(28)27-13-11-26(12-14-27)18(29)15-31-17-8-6-5-7-9-17/h5-9H,4,10-15H2,1-3H3. The lowest BCUT2D eigenvalue weighted by Gasteiger charge is -2.36. The van der Waals surface area contributed by atoms with Gasteiger partial charge in [0.1, 0.15) is 5.52 Å². The lowest BCUT2D eigenvalue weighted by Crippen LogP contribution is -2.50. The van der Waals surface area contributed by atoms with Crippen LogP contribution in [0.1, 0.15) is 19.0 Å². The molecule has 2 aromatic heterocycles. The van der Waals surface area contributed by atoms with Crippen molar-refractivity contribution in [2.24, 2.45) is 7.05 Å². The highest BCUT2D eigenvalue weighted by Gasteiger charge is 2.26. The third kappa shape index (κ3) is 4.32. The van der Waals surface area contributed by atoms with E-state index in [2.05, 4.69) is 16.9 Å². The van der Waals surface area contributed by atoms with Crippen LogP contribution in [0.4, 0.5) is 5.95 Å². The number of fused-ring (bicyclic) bond motifs is 1. The van der Waals surface area contributed by atoms with Crippen LogP contribution in [0.25, 0.3) is 11.0 Å². The summed E-state index contributed by atoms with van der Waals surface area (Å²) >= 11 is 1.56. The highest BCUT2D eigenvalue weighted by molar-refractivity contribution is 8.00. The van der Waals surface area contributed by atoms with Gasteiger partial charge in [-0.25, -0.2) is 4.98 Å². The van der Waals surface area contributed by atoms with Gasteiger partial charge in [0.05, 0.1) is 11.4 Å². The van der Waals surface area contributed by atoms with Crippen LogP contribution in [0.15, 0.2) is 40.0 Å². The molecule has 0 saturated carbocycles. The van der Waals surface area contributed by atoms with E-state index in [0.29, 0.717) is 55.5 Å². The Hall–Kier alpha value is -2.81. The SMILES string of the molecule is CCCn1c(N2CCN(C(=O)CSc3ccccc3)CC2)nc2c(C)nn(C)c2c1=O. The second-order valence-electron chi connectivity index (χ2n) is 7.74. The van der Waals surface area contributed by atoms with Crippen LogP contribution >= 0.6 is 11.8 Å². The predicted octanol–water partition coefficient (Wildman–Crippen LogP) is 2.29. The molecular formula is C22H28N6O2S. The summed E-state index contributed by atoms with van der Waals surface area (Å²) in [5, 5.41) is 4.39. The maximum absolute atomic E-state index is 13.2. The summed E-state index contributed by atoms with van der Waals surface area (Å²) in [5.41, 5.74) is 1.91. The number of anilines is 1. The molecule has 0 N–H and O–H groups in total. The van der Waals surface area contributed by atoms with Gasteiger partial charge in [0.25, 0.3) is 5.56 Å². The van der Waals surface area contributed by atoms with Gasteiger partial charge >= 0.3 is 0 Å². The molecule has 8 nitrogen and oxygen atoms in total. The fourth-order valence-electron chi connectivity index (χ4n) is 3.98. The molecule has 1 aliphatic rings. The first-order chi connectivity index (χ1) is 15.0. The Morgan fingerprint density at radius 2 is 1.84 bits per heavy atom. The van der Waals surface area contributed by atoms with Crippen LogP contribution in [0.5, 0.6) is 0 Å². The Labute approximate surface area is 185 Å². The summed E-state index contributed by atoms with van der Waals surface area (Å²) in [6, 6.07) is 9.97. The third-order valence-electron chi connectivity index (χ3n) is 5.56. The monoisotopic (exact) mass is 440 g/mol. The Kier molecular flexibility index (Phi) is 6.31. The molecular weight excluding hydrogens is 412 g/mol. The second kappa shape index (κ2) is 9.13. The number of rotatable bonds is 6. The molecule has 1 fully saturated rings. The van der Waals surface area contributed by atoms with Crippen LogP contribution in [-0.2, 0) is 18.4 Å². The molecule has 3 heterocycles. The topological polar surface area (TPSA) is 76.3 Å². The van der Waals surface area contributed by atoms with Gasteiger partial charge in [0.15, 0.2) is 5.52 Å². The van der Waals surface area contributed by atoms with Gasteiger partial charge in [0, 0.05) is 44.7 Å². The van der Waals surface area contributed by atoms with Crippen molar-refractivity contribution < 1.29 is 4.79 Å². The molecule has 0 unspecified atom stereocenters. The zero-order chi connectivity index (χ0) is 22.0. The van der Waals surface area contributed by atoms with E-state index in [4.69, 9.17) is 4.98 Å². The lowest BCUT2D eigenvalue weighted by molar-refractivity contribution is -0.128. The van der Waals surface area contributed by atoms with Crippen LogP contribution < -0.4 is 10.5 Å². The number of carbonyl (C=O) groups is 1. The van der Waals surface area contributed by atoms with Gasteiger partial charge in [-0.2, -0.15) is 5.10 Å². The summed E-state index contributed by atoms with van der Waals surface area (Å²) in [6.45, 7) is 7.10. The average molecular weight is 441 g/mol. The Balaban J connectivity index is 1.49. The minimum atomic E-state index is -0.0530. The first kappa shape index (κ1) is 21.4. The molecule has 1 aromatic carbocycles. The molecule has 164 valence electrons. The number of aromatic nitrogens is 4. The van der Waals surface area contributed by atoms with E-state index in [1.807, 2.05) is 42.2 Å². The molecule has 1 saturated heterocycles. The maximum atomic E-state index is 13.2. The fourth-order valence-corrected chi connectivity index (χ4v) is 4.80. The zero-order valence-electron chi connectivity index (χ0n) is 18.2. The second-order valence-corrected chi connectivity index (χ2v) is 8.79. The van der Waals surface area contributed by atoms with Gasteiger partial charge in [-0.15, -0.1) is 11.8 Å². The number of aryl methyl sites for hydroxylation is 2.